The molecule has 2 saturated heterocycles. The molecule has 4 aromatic rings. The van der Waals surface area contributed by atoms with Crippen molar-refractivity contribution in [1.82, 2.24) is 24.3 Å². The number of anilines is 1. The maximum Gasteiger partial charge on any atom is 0.393 e. The van der Waals surface area contributed by atoms with Gasteiger partial charge in [0, 0.05) is 49.2 Å². The first-order valence-corrected chi connectivity index (χ1v) is 11.4. The van der Waals surface area contributed by atoms with E-state index in [0.29, 0.717) is 4.83 Å². The summed E-state index contributed by atoms with van der Waals surface area (Å²) in [6, 6.07) is 7.62. The van der Waals surface area contributed by atoms with Crippen molar-refractivity contribution in [2.75, 3.05) is 31.1 Å². The van der Waals surface area contributed by atoms with Crippen molar-refractivity contribution in [2.45, 2.75) is 25.6 Å². The van der Waals surface area contributed by atoms with Gasteiger partial charge in [-0.1, -0.05) is 6.07 Å². The Bertz CT molecular complexity index is 1290. The van der Waals surface area contributed by atoms with Crippen molar-refractivity contribution in [3.8, 4) is 0 Å². The normalized spacial score (nSPS) is 18.8. The number of hydrogen-bond donors (Lipinski definition) is 0. The maximum atomic E-state index is 12.8. The van der Waals surface area contributed by atoms with E-state index in [2.05, 4.69) is 29.2 Å². The summed E-state index contributed by atoms with van der Waals surface area (Å²) in [5.41, 5.74) is 2.35. The molecule has 2 aliphatic heterocycles. The number of hydrogen-bond acceptors (Lipinski definition) is 6. The summed E-state index contributed by atoms with van der Waals surface area (Å²) in [4.78, 5) is 18.7. The monoisotopic (exact) mass is 458 g/mol. The Morgan fingerprint density at radius 2 is 1.97 bits per heavy atom. The van der Waals surface area contributed by atoms with E-state index >= 15 is 0 Å². The standard InChI is InChI=1S/C22H21F3N6S/c23-22(24,25)8-16-7-17-19(27-14-28-20(17)32-16)30-6-4-21(13-30)11-29(12-21)10-15-9-26-18-3-1-2-5-31(15)18/h1-3,5,7,9,14H,4,6,8,10-13H2. The number of halogens is 3. The Morgan fingerprint density at radius 3 is 2.81 bits per heavy atom. The van der Waals surface area contributed by atoms with E-state index in [9.17, 15) is 13.2 Å². The third-order valence-electron chi connectivity index (χ3n) is 6.47. The number of fused-ring (bicyclic) bond motifs is 2. The first-order chi connectivity index (χ1) is 15.4. The van der Waals surface area contributed by atoms with E-state index in [1.165, 1.54) is 12.0 Å². The second-order valence-corrected chi connectivity index (χ2v) is 10.0. The van der Waals surface area contributed by atoms with Crippen LogP contribution in [-0.4, -0.2) is 56.6 Å². The Labute approximate surface area is 186 Å². The molecular weight excluding hydrogens is 437 g/mol. The van der Waals surface area contributed by atoms with E-state index < -0.39 is 12.6 Å². The van der Waals surface area contributed by atoms with Gasteiger partial charge in [0.15, 0.2) is 0 Å². The highest BCUT2D eigenvalue weighted by Gasteiger charge is 2.48. The summed E-state index contributed by atoms with van der Waals surface area (Å²) in [6.45, 7) is 4.59. The van der Waals surface area contributed by atoms with Crippen molar-refractivity contribution in [3.63, 3.8) is 0 Å². The van der Waals surface area contributed by atoms with Gasteiger partial charge in [-0.25, -0.2) is 15.0 Å². The van der Waals surface area contributed by atoms with Gasteiger partial charge in [-0.2, -0.15) is 13.2 Å². The van der Waals surface area contributed by atoms with Gasteiger partial charge in [0.05, 0.1) is 23.7 Å². The molecular formula is C22H21F3N6S. The molecule has 0 amide bonds. The highest BCUT2D eigenvalue weighted by Crippen LogP contribution is 2.43. The number of nitrogens with zero attached hydrogens (tertiary/aromatic N) is 6. The lowest BCUT2D eigenvalue weighted by Gasteiger charge is -2.48. The minimum absolute atomic E-state index is 0.211. The zero-order chi connectivity index (χ0) is 21.9. The second-order valence-electron chi connectivity index (χ2n) is 8.92. The van der Waals surface area contributed by atoms with Gasteiger partial charge in [0.25, 0.3) is 0 Å². The Morgan fingerprint density at radius 1 is 1.09 bits per heavy atom. The van der Waals surface area contributed by atoms with Gasteiger partial charge >= 0.3 is 6.18 Å². The molecule has 6 rings (SSSR count). The molecule has 0 atom stereocenters. The maximum absolute atomic E-state index is 12.8. The van der Waals surface area contributed by atoms with Crippen LogP contribution in [0, 0.1) is 5.41 Å². The lowest BCUT2D eigenvalue weighted by atomic mass is 9.79. The molecule has 0 unspecified atom stereocenters. The molecule has 0 aromatic carbocycles. The van der Waals surface area contributed by atoms with Crippen LogP contribution >= 0.6 is 11.3 Å². The fourth-order valence-electron chi connectivity index (χ4n) is 5.15. The average molecular weight is 459 g/mol. The molecule has 0 saturated carbocycles. The number of aromatic nitrogens is 4. The van der Waals surface area contributed by atoms with Crippen LogP contribution in [0.2, 0.25) is 0 Å². The molecule has 2 fully saturated rings. The van der Waals surface area contributed by atoms with Crippen LogP contribution in [0.5, 0.6) is 0 Å². The zero-order valence-corrected chi connectivity index (χ0v) is 18.0. The number of alkyl halides is 3. The van der Waals surface area contributed by atoms with Crippen molar-refractivity contribution in [3.05, 3.63) is 53.6 Å². The summed E-state index contributed by atoms with van der Waals surface area (Å²) in [5, 5.41) is 0.732. The van der Waals surface area contributed by atoms with E-state index in [1.54, 1.807) is 6.07 Å². The molecule has 2 aliphatic rings. The van der Waals surface area contributed by atoms with Gasteiger partial charge in [-0.05, 0) is 24.6 Å². The molecule has 10 heteroatoms. The topological polar surface area (TPSA) is 49.6 Å². The quantitative estimate of drug-likeness (QED) is 0.460. The van der Waals surface area contributed by atoms with Gasteiger partial charge in [-0.15, -0.1) is 11.3 Å². The summed E-state index contributed by atoms with van der Waals surface area (Å²) >= 11 is 1.11. The number of rotatable bonds is 4. The number of imidazole rings is 1. The van der Waals surface area contributed by atoms with Gasteiger partial charge in [0.1, 0.15) is 22.6 Å². The smallest absolute Gasteiger partial charge is 0.355 e. The van der Waals surface area contributed by atoms with E-state index in [-0.39, 0.29) is 10.3 Å². The van der Waals surface area contributed by atoms with Crippen LogP contribution in [0.25, 0.3) is 15.9 Å². The Hall–Kier alpha value is -2.72. The summed E-state index contributed by atoms with van der Waals surface area (Å²) in [5.74, 6) is 0.761. The van der Waals surface area contributed by atoms with Crippen molar-refractivity contribution in [2.24, 2.45) is 5.41 Å². The minimum atomic E-state index is -4.22. The zero-order valence-electron chi connectivity index (χ0n) is 17.2. The van der Waals surface area contributed by atoms with Gasteiger partial charge in [0.2, 0.25) is 0 Å². The third kappa shape index (κ3) is 3.51. The lowest BCUT2D eigenvalue weighted by Crippen LogP contribution is -2.57. The molecule has 0 aliphatic carbocycles. The Kier molecular flexibility index (Phi) is 4.45. The van der Waals surface area contributed by atoms with Crippen LogP contribution in [0.3, 0.4) is 0 Å². The molecule has 6 nitrogen and oxygen atoms in total. The number of likely N-dealkylation sites (tertiary alicyclic amines) is 1. The minimum Gasteiger partial charge on any atom is -0.355 e. The fourth-order valence-corrected chi connectivity index (χ4v) is 6.17. The van der Waals surface area contributed by atoms with Crippen molar-refractivity contribution < 1.29 is 13.2 Å². The van der Waals surface area contributed by atoms with Crippen molar-refractivity contribution in [1.29, 1.82) is 0 Å². The van der Waals surface area contributed by atoms with Crippen molar-refractivity contribution >= 4 is 33.0 Å². The van der Waals surface area contributed by atoms with E-state index in [0.717, 1.165) is 67.3 Å². The van der Waals surface area contributed by atoms with E-state index in [1.807, 2.05) is 30.6 Å². The molecule has 0 bridgehead atoms. The highest BCUT2D eigenvalue weighted by molar-refractivity contribution is 7.18. The predicted octanol–water partition coefficient (Wildman–Crippen LogP) is 4.16. The second kappa shape index (κ2) is 7.14. The lowest BCUT2D eigenvalue weighted by molar-refractivity contribution is -0.126. The molecule has 0 N–H and O–H groups in total. The predicted molar refractivity (Wildman–Crippen MR) is 117 cm³/mol. The molecule has 32 heavy (non-hydrogen) atoms. The van der Waals surface area contributed by atoms with Crippen LogP contribution in [-0.2, 0) is 13.0 Å². The van der Waals surface area contributed by atoms with Crippen LogP contribution in [0.1, 0.15) is 17.0 Å². The summed E-state index contributed by atoms with van der Waals surface area (Å²) < 4.78 is 40.6. The van der Waals surface area contributed by atoms with E-state index in [4.69, 9.17) is 0 Å². The summed E-state index contributed by atoms with van der Waals surface area (Å²) in [6.07, 6.45) is 1.36. The number of thiophene rings is 1. The highest BCUT2D eigenvalue weighted by atomic mass is 32.1. The number of pyridine rings is 1. The SMILES string of the molecule is FC(F)(F)Cc1cc2c(N3CCC4(CN(Cc5cnc6ccccn56)C4)C3)ncnc2s1. The fraction of sp³-hybridized carbons (Fsp3) is 0.409. The van der Waals surface area contributed by atoms with Crippen LogP contribution < -0.4 is 4.90 Å². The molecule has 6 heterocycles. The molecule has 1 spiro atoms. The molecule has 0 radical (unpaired) electrons. The average Bonchev–Trinajstić information content (AvgIpc) is 3.43. The van der Waals surface area contributed by atoms with Gasteiger partial charge < -0.3 is 9.30 Å². The van der Waals surface area contributed by atoms with Crippen LogP contribution in [0.4, 0.5) is 19.0 Å². The first-order valence-electron chi connectivity index (χ1n) is 10.6. The third-order valence-corrected chi connectivity index (χ3v) is 7.51. The molecule has 166 valence electrons. The molecule has 4 aromatic heterocycles. The first kappa shape index (κ1) is 19.9. The largest absolute Gasteiger partial charge is 0.393 e. The Balaban J connectivity index is 1.16. The summed E-state index contributed by atoms with van der Waals surface area (Å²) in [7, 11) is 0. The van der Waals surface area contributed by atoms with Crippen LogP contribution in [0.15, 0.2) is 43.0 Å². The van der Waals surface area contributed by atoms with Gasteiger partial charge in [-0.3, -0.25) is 4.90 Å².